The second-order valence-electron chi connectivity index (χ2n) is 3.20. The molecule has 0 saturated carbocycles. The second kappa shape index (κ2) is 4.10. The quantitative estimate of drug-likeness (QED) is 0.628. The van der Waals surface area contributed by atoms with Gasteiger partial charge in [-0.15, -0.1) is 13.2 Å². The van der Waals surface area contributed by atoms with Gasteiger partial charge in [-0.2, -0.15) is 0 Å². The molecule has 17 heavy (non-hydrogen) atoms. The summed E-state index contributed by atoms with van der Waals surface area (Å²) in [5.41, 5.74) is 2.31. The molecule has 1 aromatic carbocycles. The number of ether oxygens (including phenoxy) is 1. The number of halogens is 3. The van der Waals surface area contributed by atoms with Gasteiger partial charge in [0, 0.05) is 17.0 Å². The van der Waals surface area contributed by atoms with E-state index in [2.05, 4.69) is 15.1 Å². The molecule has 2 aromatic rings. The van der Waals surface area contributed by atoms with E-state index in [-0.39, 0.29) is 17.0 Å². The van der Waals surface area contributed by atoms with Gasteiger partial charge in [-0.25, -0.2) is 10.8 Å². The zero-order chi connectivity index (χ0) is 12.5. The first-order valence-electron chi connectivity index (χ1n) is 4.61. The third-order valence-electron chi connectivity index (χ3n) is 2.13. The lowest BCUT2D eigenvalue weighted by atomic mass is 10.1. The molecule has 0 amide bonds. The number of anilines is 1. The van der Waals surface area contributed by atoms with E-state index in [4.69, 9.17) is 5.84 Å². The van der Waals surface area contributed by atoms with Gasteiger partial charge in [0.25, 0.3) is 0 Å². The van der Waals surface area contributed by atoms with Crippen LogP contribution in [0, 0.1) is 0 Å². The van der Waals surface area contributed by atoms with E-state index in [0.717, 1.165) is 0 Å². The second-order valence-corrected chi connectivity index (χ2v) is 3.20. The summed E-state index contributed by atoms with van der Waals surface area (Å²) in [5.74, 6) is 5.22. The summed E-state index contributed by atoms with van der Waals surface area (Å²) in [6, 6.07) is 5.69. The summed E-state index contributed by atoms with van der Waals surface area (Å²) in [4.78, 5) is 3.89. The molecule has 3 N–H and O–H groups in total. The van der Waals surface area contributed by atoms with Crippen LogP contribution < -0.4 is 16.0 Å². The number of hydrogen-bond donors (Lipinski definition) is 2. The minimum absolute atomic E-state index is 0.283. The van der Waals surface area contributed by atoms with Crippen LogP contribution in [0.5, 0.6) is 5.75 Å². The third-order valence-corrected chi connectivity index (χ3v) is 2.13. The maximum atomic E-state index is 12.2. The molecule has 0 aliphatic rings. The molecule has 0 bridgehead atoms. The maximum Gasteiger partial charge on any atom is 0.573 e. The molecule has 7 heteroatoms. The summed E-state index contributed by atoms with van der Waals surface area (Å²) in [6.45, 7) is 0. The van der Waals surface area contributed by atoms with Crippen molar-refractivity contribution in [3.63, 3.8) is 0 Å². The molecular weight excluding hydrogens is 235 g/mol. The predicted molar refractivity (Wildman–Crippen MR) is 56.2 cm³/mol. The van der Waals surface area contributed by atoms with Crippen LogP contribution in [-0.2, 0) is 0 Å². The number of alkyl halides is 3. The number of hydrazine groups is 1. The van der Waals surface area contributed by atoms with E-state index in [9.17, 15) is 13.2 Å². The van der Waals surface area contributed by atoms with Crippen molar-refractivity contribution < 1.29 is 17.9 Å². The van der Waals surface area contributed by atoms with Crippen molar-refractivity contribution in [2.45, 2.75) is 6.36 Å². The molecule has 0 unspecified atom stereocenters. The van der Waals surface area contributed by atoms with Crippen LogP contribution in [0.1, 0.15) is 0 Å². The van der Waals surface area contributed by atoms with Crippen LogP contribution >= 0.6 is 0 Å². The summed E-state index contributed by atoms with van der Waals surface area (Å²) in [6.07, 6.45) is -3.38. The lowest BCUT2D eigenvalue weighted by molar-refractivity contribution is -0.274. The van der Waals surface area contributed by atoms with E-state index < -0.39 is 6.36 Å². The fourth-order valence-electron chi connectivity index (χ4n) is 1.51. The first-order valence-corrected chi connectivity index (χ1v) is 4.61. The Hall–Kier alpha value is -2.02. The molecule has 4 nitrogen and oxygen atoms in total. The zero-order valence-electron chi connectivity index (χ0n) is 8.45. The van der Waals surface area contributed by atoms with Crippen LogP contribution in [0.2, 0.25) is 0 Å². The van der Waals surface area contributed by atoms with Gasteiger partial charge in [-0.1, -0.05) is 12.1 Å². The first kappa shape index (κ1) is 11.5. The van der Waals surface area contributed by atoms with Crippen molar-refractivity contribution in [3.8, 4) is 5.75 Å². The number of nitrogens with two attached hydrogens (primary N) is 1. The average molecular weight is 243 g/mol. The predicted octanol–water partition coefficient (Wildman–Crippen LogP) is 2.42. The van der Waals surface area contributed by atoms with E-state index in [0.29, 0.717) is 5.39 Å². The van der Waals surface area contributed by atoms with Crippen molar-refractivity contribution in [3.05, 3.63) is 30.5 Å². The molecule has 0 atom stereocenters. The van der Waals surface area contributed by atoms with Crippen LogP contribution in [0.25, 0.3) is 10.8 Å². The van der Waals surface area contributed by atoms with E-state index in [1.807, 2.05) is 0 Å². The largest absolute Gasteiger partial charge is 0.573 e. The number of nitrogen functional groups attached to an aromatic ring is 1. The van der Waals surface area contributed by atoms with Gasteiger partial charge < -0.3 is 10.2 Å². The SMILES string of the molecule is NNc1nccc2c(OC(F)(F)F)cccc12. The number of aromatic nitrogens is 1. The van der Waals surface area contributed by atoms with Crippen molar-refractivity contribution in [1.29, 1.82) is 0 Å². The highest BCUT2D eigenvalue weighted by atomic mass is 19.4. The van der Waals surface area contributed by atoms with Crippen molar-refractivity contribution in [1.82, 2.24) is 4.98 Å². The normalized spacial score (nSPS) is 11.5. The van der Waals surface area contributed by atoms with E-state index >= 15 is 0 Å². The van der Waals surface area contributed by atoms with Gasteiger partial charge in [0.05, 0.1) is 0 Å². The monoisotopic (exact) mass is 243 g/mol. The van der Waals surface area contributed by atoms with E-state index in [1.54, 1.807) is 6.07 Å². The Morgan fingerprint density at radius 2 is 1.94 bits per heavy atom. The summed E-state index contributed by atoms with van der Waals surface area (Å²) in [5, 5.41) is 0.740. The molecule has 1 aromatic heterocycles. The number of pyridine rings is 1. The topological polar surface area (TPSA) is 60.2 Å². The summed E-state index contributed by atoms with van der Waals surface area (Å²) >= 11 is 0. The van der Waals surface area contributed by atoms with Crippen LogP contribution in [0.4, 0.5) is 19.0 Å². The molecule has 1 heterocycles. The Morgan fingerprint density at radius 3 is 2.59 bits per heavy atom. The summed E-state index contributed by atoms with van der Waals surface area (Å²) in [7, 11) is 0. The zero-order valence-corrected chi connectivity index (χ0v) is 8.45. The number of rotatable bonds is 2. The Bertz CT molecular complexity index is 542. The minimum Gasteiger partial charge on any atom is -0.405 e. The molecule has 0 aliphatic carbocycles. The first-order chi connectivity index (χ1) is 8.01. The van der Waals surface area contributed by atoms with Crippen LogP contribution in [-0.4, -0.2) is 11.3 Å². The molecular formula is C10H8F3N3O. The molecule has 0 spiro atoms. The lowest BCUT2D eigenvalue weighted by Crippen LogP contribution is -2.17. The Kier molecular flexibility index (Phi) is 2.76. The smallest absolute Gasteiger partial charge is 0.405 e. The Morgan fingerprint density at radius 1 is 1.18 bits per heavy atom. The minimum atomic E-state index is -4.73. The van der Waals surface area contributed by atoms with Gasteiger partial charge in [0.2, 0.25) is 0 Å². The standard InChI is InChI=1S/C10H8F3N3O/c11-10(12,13)17-8-3-1-2-7-6(8)4-5-15-9(7)16-14/h1-5H,14H2,(H,15,16). The van der Waals surface area contributed by atoms with Gasteiger partial charge in [-0.05, 0) is 12.1 Å². The van der Waals surface area contributed by atoms with Crippen molar-refractivity contribution in [2.24, 2.45) is 5.84 Å². The van der Waals surface area contributed by atoms with Crippen molar-refractivity contribution >= 4 is 16.6 Å². The Labute approximate surface area is 94.2 Å². The van der Waals surface area contributed by atoms with Gasteiger partial charge in [0.1, 0.15) is 11.6 Å². The molecule has 0 radical (unpaired) electrons. The highest BCUT2D eigenvalue weighted by Gasteiger charge is 2.31. The van der Waals surface area contributed by atoms with Gasteiger partial charge >= 0.3 is 6.36 Å². The van der Waals surface area contributed by atoms with Crippen LogP contribution in [0.3, 0.4) is 0 Å². The Balaban J connectivity index is 2.58. The number of benzene rings is 1. The maximum absolute atomic E-state index is 12.2. The van der Waals surface area contributed by atoms with Gasteiger partial charge in [0.15, 0.2) is 0 Å². The fourth-order valence-corrected chi connectivity index (χ4v) is 1.51. The number of fused-ring (bicyclic) bond motifs is 1. The molecule has 0 fully saturated rings. The average Bonchev–Trinajstić information content (AvgIpc) is 2.27. The highest BCUT2D eigenvalue weighted by Crippen LogP contribution is 2.32. The van der Waals surface area contributed by atoms with E-state index in [1.165, 1.54) is 24.4 Å². The lowest BCUT2D eigenvalue weighted by Gasteiger charge is -2.12. The molecule has 0 saturated heterocycles. The number of nitrogens with zero attached hydrogens (tertiary/aromatic N) is 1. The summed E-state index contributed by atoms with van der Waals surface area (Å²) < 4.78 is 40.4. The third kappa shape index (κ3) is 2.39. The molecule has 2 rings (SSSR count). The molecule has 90 valence electrons. The number of hydrogen-bond acceptors (Lipinski definition) is 4. The van der Waals surface area contributed by atoms with Gasteiger partial charge in [-0.3, -0.25) is 0 Å². The molecule has 0 aliphatic heterocycles. The fraction of sp³-hybridized carbons (Fsp3) is 0.100. The van der Waals surface area contributed by atoms with Crippen molar-refractivity contribution in [2.75, 3.05) is 5.43 Å². The highest BCUT2D eigenvalue weighted by molar-refractivity contribution is 5.95. The number of nitrogens with one attached hydrogen (secondary N) is 1. The van der Waals surface area contributed by atoms with Crippen LogP contribution in [0.15, 0.2) is 30.5 Å².